The first-order valence-corrected chi connectivity index (χ1v) is 10.8. The maximum absolute atomic E-state index is 7.25. The van der Waals surface area contributed by atoms with Gasteiger partial charge in [-0.3, -0.25) is 4.68 Å². The van der Waals surface area contributed by atoms with Crippen LogP contribution in [0.3, 0.4) is 0 Å². The molecule has 3 atom stereocenters. The van der Waals surface area contributed by atoms with Gasteiger partial charge in [-0.2, -0.15) is 5.10 Å². The van der Waals surface area contributed by atoms with Gasteiger partial charge in [0.15, 0.2) is 5.69 Å². The van der Waals surface area contributed by atoms with E-state index in [2.05, 4.69) is 52.1 Å². The molecule has 0 amide bonds. The first-order chi connectivity index (χ1) is 15.2. The predicted octanol–water partition coefficient (Wildman–Crippen LogP) is 5.09. The molecule has 1 aliphatic heterocycles. The molecule has 1 aliphatic carbocycles. The Hall–Kier alpha value is -3.49. The third kappa shape index (κ3) is 3.11. The zero-order valence-corrected chi connectivity index (χ0v) is 17.4. The Morgan fingerprint density at radius 3 is 2.45 bits per heavy atom. The summed E-state index contributed by atoms with van der Waals surface area (Å²) in [5.41, 5.74) is 8.07. The van der Waals surface area contributed by atoms with Crippen molar-refractivity contribution in [3.05, 3.63) is 77.8 Å². The van der Waals surface area contributed by atoms with Crippen LogP contribution in [0.5, 0.6) is 0 Å². The average Bonchev–Trinajstić information content (AvgIpc) is 3.12. The molecule has 2 fully saturated rings. The summed E-state index contributed by atoms with van der Waals surface area (Å²) in [6, 6.07) is 18.5. The Labute approximate surface area is 181 Å². The summed E-state index contributed by atoms with van der Waals surface area (Å²) in [4.78, 5) is 8.59. The molecule has 1 saturated carbocycles. The molecular formula is C26H23N5. The molecule has 0 bridgehead atoms. The molecule has 3 heterocycles. The monoisotopic (exact) mass is 405 g/mol. The fourth-order valence-corrected chi connectivity index (χ4v) is 5.03. The van der Waals surface area contributed by atoms with Crippen molar-refractivity contribution in [1.29, 1.82) is 0 Å². The molecule has 2 aliphatic rings. The second-order valence-electron chi connectivity index (χ2n) is 8.79. The van der Waals surface area contributed by atoms with E-state index in [4.69, 9.17) is 16.7 Å². The number of aromatic nitrogens is 3. The van der Waals surface area contributed by atoms with Crippen LogP contribution in [0.2, 0.25) is 0 Å². The van der Waals surface area contributed by atoms with Crippen molar-refractivity contribution < 1.29 is 0 Å². The van der Waals surface area contributed by atoms with Crippen molar-refractivity contribution in [2.75, 3.05) is 13.1 Å². The van der Waals surface area contributed by atoms with Crippen molar-refractivity contribution in [2.24, 2.45) is 17.8 Å². The van der Waals surface area contributed by atoms with Crippen LogP contribution < -0.4 is 5.32 Å². The largest absolute Gasteiger partial charge is 0.316 e. The van der Waals surface area contributed by atoms with Crippen LogP contribution in [0.1, 0.15) is 5.56 Å². The number of benzene rings is 2. The minimum Gasteiger partial charge on any atom is -0.316 e. The van der Waals surface area contributed by atoms with Crippen LogP contribution in [0.4, 0.5) is 5.69 Å². The number of pyridine rings is 1. The molecule has 1 N–H and O–H groups in total. The van der Waals surface area contributed by atoms with E-state index in [0.717, 1.165) is 70.8 Å². The number of aryl methyl sites for hydroxylation is 1. The molecule has 5 heteroatoms. The Kier molecular flexibility index (Phi) is 4.15. The van der Waals surface area contributed by atoms with E-state index in [-0.39, 0.29) is 0 Å². The van der Waals surface area contributed by atoms with Crippen molar-refractivity contribution >= 4 is 16.7 Å². The van der Waals surface area contributed by atoms with Gasteiger partial charge in [0, 0.05) is 17.7 Å². The Morgan fingerprint density at radius 1 is 1.03 bits per heavy atom. The molecule has 0 spiro atoms. The molecule has 2 aromatic heterocycles. The van der Waals surface area contributed by atoms with E-state index in [9.17, 15) is 0 Å². The highest BCUT2D eigenvalue weighted by atomic mass is 15.3. The zero-order chi connectivity index (χ0) is 20.9. The Morgan fingerprint density at radius 2 is 1.74 bits per heavy atom. The van der Waals surface area contributed by atoms with Gasteiger partial charge in [0.1, 0.15) is 5.52 Å². The van der Waals surface area contributed by atoms with Crippen molar-refractivity contribution in [3.8, 4) is 22.4 Å². The third-order valence-electron chi connectivity index (χ3n) is 6.91. The second-order valence-corrected chi connectivity index (χ2v) is 8.79. The normalized spacial score (nSPS) is 21.7. The summed E-state index contributed by atoms with van der Waals surface area (Å²) < 4.78 is 2.14. The summed E-state index contributed by atoms with van der Waals surface area (Å²) in [5.74, 6) is 2.34. The molecule has 1 saturated heterocycles. The van der Waals surface area contributed by atoms with E-state index in [1.54, 1.807) is 0 Å². The highest BCUT2D eigenvalue weighted by molar-refractivity contribution is 5.90. The van der Waals surface area contributed by atoms with Gasteiger partial charge in [0.05, 0.1) is 24.0 Å². The number of hydrogen-bond acceptors (Lipinski definition) is 3. The maximum Gasteiger partial charge on any atom is 0.187 e. The van der Waals surface area contributed by atoms with E-state index in [1.807, 2.05) is 30.5 Å². The summed E-state index contributed by atoms with van der Waals surface area (Å²) in [7, 11) is 0. The number of nitrogens with zero attached hydrogens (tertiary/aromatic N) is 4. The lowest BCUT2D eigenvalue weighted by Crippen LogP contribution is -2.17. The Bertz CT molecular complexity index is 1300. The number of fused-ring (bicyclic) bond motifs is 2. The zero-order valence-electron chi connectivity index (χ0n) is 17.4. The summed E-state index contributed by atoms with van der Waals surface area (Å²) in [5, 5.41) is 8.18. The van der Waals surface area contributed by atoms with Crippen molar-refractivity contribution in [3.63, 3.8) is 0 Å². The standard InChI is InChI=1S/C26H23N5/c1-16-3-5-18(6-4-16)26-20(17-7-9-19(27-2)10-8-17)11-25-24(30-26)14-29-31(25)15-23-21-12-28-13-22(21)23/h3-11,14,21-23,28H,12-13,15H2,1H3/t21-,22+,23?. The molecule has 31 heavy (non-hydrogen) atoms. The SMILES string of the molecule is [C-]#[N+]c1ccc(-c2cc3c(cnn3CC3[C@H]4CNC[C@@H]34)nc2-c2ccc(C)cc2)cc1. The lowest BCUT2D eigenvalue weighted by Gasteiger charge is -2.12. The first kappa shape index (κ1) is 18.3. The number of rotatable bonds is 4. The highest BCUT2D eigenvalue weighted by Crippen LogP contribution is 2.49. The molecule has 152 valence electrons. The summed E-state index contributed by atoms with van der Waals surface area (Å²) in [6.45, 7) is 12.6. The smallest absolute Gasteiger partial charge is 0.187 e. The Balaban J connectivity index is 1.47. The van der Waals surface area contributed by atoms with Gasteiger partial charge in [-0.25, -0.2) is 9.83 Å². The summed E-state index contributed by atoms with van der Waals surface area (Å²) in [6.07, 6.45) is 1.90. The molecule has 5 nitrogen and oxygen atoms in total. The second kappa shape index (κ2) is 7.04. The fourth-order valence-electron chi connectivity index (χ4n) is 5.03. The van der Waals surface area contributed by atoms with Gasteiger partial charge in [-0.05, 0) is 49.4 Å². The first-order valence-electron chi connectivity index (χ1n) is 10.8. The van der Waals surface area contributed by atoms with Gasteiger partial charge in [-0.15, -0.1) is 0 Å². The molecular weight excluding hydrogens is 382 g/mol. The van der Waals surface area contributed by atoms with Gasteiger partial charge in [0.2, 0.25) is 0 Å². The van der Waals surface area contributed by atoms with E-state index in [1.165, 1.54) is 5.56 Å². The lowest BCUT2D eigenvalue weighted by atomic mass is 9.98. The van der Waals surface area contributed by atoms with Gasteiger partial charge in [0.25, 0.3) is 0 Å². The molecule has 1 unspecified atom stereocenters. The van der Waals surface area contributed by atoms with Crippen molar-refractivity contribution in [2.45, 2.75) is 13.5 Å². The fraction of sp³-hybridized carbons (Fsp3) is 0.269. The quantitative estimate of drug-likeness (QED) is 0.481. The predicted molar refractivity (Wildman–Crippen MR) is 123 cm³/mol. The minimum absolute atomic E-state index is 0.647. The number of piperidine rings is 1. The van der Waals surface area contributed by atoms with Crippen LogP contribution in [0, 0.1) is 31.2 Å². The van der Waals surface area contributed by atoms with E-state index >= 15 is 0 Å². The van der Waals surface area contributed by atoms with Crippen molar-refractivity contribution in [1.82, 2.24) is 20.1 Å². The van der Waals surface area contributed by atoms with Crippen LogP contribution in [-0.4, -0.2) is 27.9 Å². The maximum atomic E-state index is 7.25. The molecule has 4 aromatic rings. The average molecular weight is 406 g/mol. The van der Waals surface area contributed by atoms with Crippen LogP contribution in [-0.2, 0) is 6.54 Å². The van der Waals surface area contributed by atoms with Gasteiger partial charge < -0.3 is 5.32 Å². The van der Waals surface area contributed by atoms with Gasteiger partial charge in [-0.1, -0.05) is 54.1 Å². The van der Waals surface area contributed by atoms with E-state index in [0.29, 0.717) is 5.69 Å². The van der Waals surface area contributed by atoms with Crippen LogP contribution in [0.25, 0.3) is 38.3 Å². The number of nitrogens with one attached hydrogen (secondary N) is 1. The van der Waals surface area contributed by atoms with Crippen LogP contribution >= 0.6 is 0 Å². The van der Waals surface area contributed by atoms with E-state index < -0.39 is 0 Å². The van der Waals surface area contributed by atoms with Gasteiger partial charge >= 0.3 is 0 Å². The summed E-state index contributed by atoms with van der Waals surface area (Å²) >= 11 is 0. The molecule has 0 radical (unpaired) electrons. The number of hydrogen-bond donors (Lipinski definition) is 1. The lowest BCUT2D eigenvalue weighted by molar-refractivity contribution is 0.494. The minimum atomic E-state index is 0.647. The third-order valence-corrected chi connectivity index (χ3v) is 6.91. The molecule has 2 aromatic carbocycles. The molecule has 6 rings (SSSR count). The van der Waals surface area contributed by atoms with Crippen LogP contribution in [0.15, 0.2) is 60.8 Å². The topological polar surface area (TPSA) is 47.1 Å². The highest BCUT2D eigenvalue weighted by Gasteiger charge is 2.52.